The molecule has 22 heavy (non-hydrogen) atoms. The Labute approximate surface area is 152 Å². The molecular weight excluding hydrogens is 407 g/mol. The van der Waals surface area contributed by atoms with Crippen LogP contribution in [0.2, 0.25) is 0 Å². The highest BCUT2D eigenvalue weighted by Gasteiger charge is 2.21. The molecule has 1 aliphatic rings. The lowest BCUT2D eigenvalue weighted by atomic mass is 10.2. The van der Waals surface area contributed by atoms with E-state index in [2.05, 4.69) is 38.1 Å². The summed E-state index contributed by atoms with van der Waals surface area (Å²) in [6.07, 6.45) is 2.69. The SMILES string of the molecule is CN=C(NCc1csc(-c2ccccc2)n1)NCC1CC1.I. The van der Waals surface area contributed by atoms with Gasteiger partial charge < -0.3 is 10.6 Å². The first kappa shape index (κ1) is 17.2. The fourth-order valence-corrected chi connectivity index (χ4v) is 2.89. The number of thiazole rings is 1. The van der Waals surface area contributed by atoms with Crippen LogP contribution in [0.3, 0.4) is 0 Å². The van der Waals surface area contributed by atoms with E-state index < -0.39 is 0 Å². The van der Waals surface area contributed by atoms with E-state index in [1.807, 2.05) is 18.2 Å². The molecule has 0 spiro atoms. The Kier molecular flexibility index (Phi) is 6.63. The van der Waals surface area contributed by atoms with Crippen LogP contribution in [-0.2, 0) is 6.54 Å². The largest absolute Gasteiger partial charge is 0.356 e. The molecule has 1 heterocycles. The van der Waals surface area contributed by atoms with Gasteiger partial charge in [0.05, 0.1) is 12.2 Å². The fourth-order valence-electron chi connectivity index (χ4n) is 2.06. The van der Waals surface area contributed by atoms with Crippen molar-refractivity contribution in [3.63, 3.8) is 0 Å². The molecule has 2 aromatic rings. The third-order valence-electron chi connectivity index (χ3n) is 3.49. The van der Waals surface area contributed by atoms with Gasteiger partial charge in [-0.25, -0.2) is 4.98 Å². The molecule has 1 aromatic carbocycles. The van der Waals surface area contributed by atoms with Crippen molar-refractivity contribution in [3.05, 3.63) is 41.4 Å². The maximum absolute atomic E-state index is 4.67. The quantitative estimate of drug-likeness (QED) is 0.436. The van der Waals surface area contributed by atoms with Crippen LogP contribution >= 0.6 is 35.3 Å². The number of aliphatic imine (C=N–C) groups is 1. The zero-order chi connectivity index (χ0) is 14.5. The number of nitrogens with one attached hydrogen (secondary N) is 2. The third kappa shape index (κ3) is 4.95. The van der Waals surface area contributed by atoms with Crippen molar-refractivity contribution in [2.24, 2.45) is 10.9 Å². The average molecular weight is 428 g/mol. The van der Waals surface area contributed by atoms with Crippen LogP contribution in [0.15, 0.2) is 40.7 Å². The number of guanidine groups is 1. The van der Waals surface area contributed by atoms with Gasteiger partial charge in [0.15, 0.2) is 5.96 Å². The number of nitrogens with zero attached hydrogens (tertiary/aromatic N) is 2. The minimum atomic E-state index is 0. The molecule has 2 N–H and O–H groups in total. The van der Waals surface area contributed by atoms with E-state index in [1.54, 1.807) is 18.4 Å². The zero-order valence-corrected chi connectivity index (χ0v) is 15.7. The van der Waals surface area contributed by atoms with Crippen LogP contribution in [0.4, 0.5) is 0 Å². The number of halogens is 1. The number of benzene rings is 1. The van der Waals surface area contributed by atoms with Crippen LogP contribution in [0.1, 0.15) is 18.5 Å². The van der Waals surface area contributed by atoms with Crippen LogP contribution in [0, 0.1) is 5.92 Å². The number of rotatable bonds is 5. The highest BCUT2D eigenvalue weighted by molar-refractivity contribution is 14.0. The third-order valence-corrected chi connectivity index (χ3v) is 4.43. The summed E-state index contributed by atoms with van der Waals surface area (Å²) in [5, 5.41) is 9.84. The Morgan fingerprint density at radius 3 is 2.73 bits per heavy atom. The Morgan fingerprint density at radius 2 is 2.05 bits per heavy atom. The molecule has 0 unspecified atom stereocenters. The predicted octanol–water partition coefficient (Wildman–Crippen LogP) is 3.50. The van der Waals surface area contributed by atoms with Gasteiger partial charge in [0.1, 0.15) is 5.01 Å². The van der Waals surface area contributed by atoms with E-state index in [0.717, 1.165) is 29.1 Å². The Hall–Kier alpha value is -1.15. The molecule has 3 rings (SSSR count). The monoisotopic (exact) mass is 428 g/mol. The summed E-state index contributed by atoms with van der Waals surface area (Å²) < 4.78 is 0. The normalized spacial score (nSPS) is 14.3. The molecule has 1 aliphatic carbocycles. The second-order valence-electron chi connectivity index (χ2n) is 5.26. The van der Waals surface area contributed by atoms with Crippen molar-refractivity contribution in [2.45, 2.75) is 19.4 Å². The number of aromatic nitrogens is 1. The molecule has 0 radical (unpaired) electrons. The number of hydrogen-bond acceptors (Lipinski definition) is 3. The molecule has 1 saturated carbocycles. The fraction of sp³-hybridized carbons (Fsp3) is 0.375. The topological polar surface area (TPSA) is 49.3 Å². The zero-order valence-electron chi connectivity index (χ0n) is 12.6. The van der Waals surface area contributed by atoms with Gasteiger partial charge in [0.25, 0.3) is 0 Å². The smallest absolute Gasteiger partial charge is 0.191 e. The lowest BCUT2D eigenvalue weighted by Crippen LogP contribution is -2.37. The van der Waals surface area contributed by atoms with Gasteiger partial charge >= 0.3 is 0 Å². The van der Waals surface area contributed by atoms with Crippen LogP contribution in [-0.4, -0.2) is 24.5 Å². The minimum absolute atomic E-state index is 0. The van der Waals surface area contributed by atoms with Crippen molar-refractivity contribution in [2.75, 3.05) is 13.6 Å². The summed E-state index contributed by atoms with van der Waals surface area (Å²) in [7, 11) is 1.80. The molecular formula is C16H21IN4S. The lowest BCUT2D eigenvalue weighted by Gasteiger charge is -2.10. The molecule has 0 atom stereocenters. The van der Waals surface area contributed by atoms with Crippen LogP contribution in [0.5, 0.6) is 0 Å². The molecule has 4 nitrogen and oxygen atoms in total. The van der Waals surface area contributed by atoms with Gasteiger partial charge in [0.2, 0.25) is 0 Å². The van der Waals surface area contributed by atoms with Crippen molar-refractivity contribution < 1.29 is 0 Å². The van der Waals surface area contributed by atoms with Crippen molar-refractivity contribution in [3.8, 4) is 10.6 Å². The second kappa shape index (κ2) is 8.47. The summed E-state index contributed by atoms with van der Waals surface area (Å²) in [5.74, 6) is 1.70. The molecule has 0 aliphatic heterocycles. The van der Waals surface area contributed by atoms with Gasteiger partial charge in [-0.3, -0.25) is 4.99 Å². The Bertz CT molecular complexity index is 608. The lowest BCUT2D eigenvalue weighted by molar-refractivity contribution is 0.734. The maximum atomic E-state index is 4.67. The predicted molar refractivity (Wildman–Crippen MR) is 104 cm³/mol. The van der Waals surface area contributed by atoms with Gasteiger partial charge in [-0.2, -0.15) is 0 Å². The highest BCUT2D eigenvalue weighted by atomic mass is 127. The summed E-state index contributed by atoms with van der Waals surface area (Å²) in [5.41, 5.74) is 2.22. The van der Waals surface area contributed by atoms with Crippen molar-refractivity contribution in [1.82, 2.24) is 15.6 Å². The molecule has 0 amide bonds. The van der Waals surface area contributed by atoms with Gasteiger partial charge in [0, 0.05) is 24.5 Å². The molecule has 118 valence electrons. The first-order chi connectivity index (χ1) is 10.3. The molecule has 0 bridgehead atoms. The Balaban J connectivity index is 0.00000176. The summed E-state index contributed by atoms with van der Waals surface area (Å²) in [6.45, 7) is 1.72. The van der Waals surface area contributed by atoms with E-state index in [9.17, 15) is 0 Å². The molecule has 1 fully saturated rings. The van der Waals surface area contributed by atoms with Crippen molar-refractivity contribution in [1.29, 1.82) is 0 Å². The van der Waals surface area contributed by atoms with E-state index in [0.29, 0.717) is 6.54 Å². The van der Waals surface area contributed by atoms with E-state index in [1.165, 1.54) is 18.4 Å². The van der Waals surface area contributed by atoms with Crippen molar-refractivity contribution >= 4 is 41.3 Å². The molecule has 0 saturated heterocycles. The van der Waals surface area contributed by atoms with E-state index in [-0.39, 0.29) is 24.0 Å². The highest BCUT2D eigenvalue weighted by Crippen LogP contribution is 2.27. The standard InChI is InChI=1S/C16H20N4S.HI/c1-17-16(18-9-12-7-8-12)19-10-14-11-21-15(20-14)13-5-3-2-4-6-13;/h2-6,11-12H,7-10H2,1H3,(H2,17,18,19);1H. The second-order valence-corrected chi connectivity index (χ2v) is 6.12. The Morgan fingerprint density at radius 1 is 1.27 bits per heavy atom. The van der Waals surface area contributed by atoms with Gasteiger partial charge in [-0.1, -0.05) is 30.3 Å². The van der Waals surface area contributed by atoms with Crippen LogP contribution in [0.25, 0.3) is 10.6 Å². The van der Waals surface area contributed by atoms with Crippen LogP contribution < -0.4 is 10.6 Å². The molecule has 6 heteroatoms. The van der Waals surface area contributed by atoms with Gasteiger partial charge in [-0.05, 0) is 18.8 Å². The summed E-state index contributed by atoms with van der Waals surface area (Å²) >= 11 is 1.68. The van der Waals surface area contributed by atoms with E-state index >= 15 is 0 Å². The summed E-state index contributed by atoms with van der Waals surface area (Å²) in [6, 6.07) is 10.3. The number of hydrogen-bond donors (Lipinski definition) is 2. The molecule has 1 aromatic heterocycles. The first-order valence-corrected chi connectivity index (χ1v) is 8.17. The summed E-state index contributed by atoms with van der Waals surface area (Å²) in [4.78, 5) is 8.91. The average Bonchev–Trinajstić information content (AvgIpc) is 3.24. The first-order valence-electron chi connectivity index (χ1n) is 7.29. The van der Waals surface area contributed by atoms with Gasteiger partial charge in [-0.15, -0.1) is 35.3 Å². The van der Waals surface area contributed by atoms with E-state index in [4.69, 9.17) is 0 Å². The maximum Gasteiger partial charge on any atom is 0.191 e. The minimum Gasteiger partial charge on any atom is -0.356 e.